The number of nitriles is 1. The van der Waals surface area contributed by atoms with Crippen molar-refractivity contribution in [2.45, 2.75) is 20.0 Å². The fraction of sp³-hybridized carbons (Fsp3) is 0.200. The van der Waals surface area contributed by atoms with Gasteiger partial charge in [0.1, 0.15) is 0 Å². The van der Waals surface area contributed by atoms with Crippen LogP contribution in [0.4, 0.5) is 0 Å². The van der Waals surface area contributed by atoms with Crippen LogP contribution in [0.2, 0.25) is 0 Å². The maximum Gasteiger partial charge on any atom is 0.261 e. The van der Waals surface area contributed by atoms with Gasteiger partial charge in [-0.2, -0.15) is 5.26 Å². The molecule has 0 radical (unpaired) electrons. The van der Waals surface area contributed by atoms with Gasteiger partial charge in [0.2, 0.25) is 0 Å². The van der Waals surface area contributed by atoms with E-state index < -0.39 is 0 Å². The summed E-state index contributed by atoms with van der Waals surface area (Å²) in [6.07, 6.45) is 0. The molecule has 0 spiro atoms. The van der Waals surface area contributed by atoms with Gasteiger partial charge in [-0.1, -0.05) is 60.7 Å². The molecule has 0 N–H and O–H groups in total. The van der Waals surface area contributed by atoms with E-state index in [0.29, 0.717) is 36.8 Å². The minimum atomic E-state index is -0.130. The Balaban J connectivity index is 1.73. The molecule has 0 atom stereocenters. The van der Waals surface area contributed by atoms with Crippen LogP contribution in [0.25, 0.3) is 0 Å². The first-order valence-corrected chi connectivity index (χ1v) is 9.85. The van der Waals surface area contributed by atoms with Crippen molar-refractivity contribution in [3.63, 3.8) is 0 Å². The van der Waals surface area contributed by atoms with E-state index in [0.717, 1.165) is 11.1 Å². The van der Waals surface area contributed by atoms with Crippen molar-refractivity contribution in [3.05, 3.63) is 95.6 Å². The molecule has 3 aromatic carbocycles. The van der Waals surface area contributed by atoms with Crippen LogP contribution >= 0.6 is 0 Å². The van der Waals surface area contributed by atoms with Crippen LogP contribution in [-0.4, -0.2) is 24.0 Å². The highest BCUT2D eigenvalue weighted by atomic mass is 16.5. The van der Waals surface area contributed by atoms with E-state index in [1.807, 2.05) is 67.6 Å². The number of hydrogen-bond donors (Lipinski definition) is 0. The summed E-state index contributed by atoms with van der Waals surface area (Å²) >= 11 is 0. The third-order valence-corrected chi connectivity index (χ3v) is 4.51. The predicted octanol–water partition coefficient (Wildman–Crippen LogP) is 4.56. The Morgan fingerprint density at radius 2 is 1.47 bits per heavy atom. The quantitative estimate of drug-likeness (QED) is 0.528. The summed E-state index contributed by atoms with van der Waals surface area (Å²) in [6.45, 7) is 3.15. The number of benzene rings is 3. The first-order chi connectivity index (χ1) is 14.7. The Morgan fingerprint density at radius 1 is 0.867 bits per heavy atom. The van der Waals surface area contributed by atoms with Gasteiger partial charge < -0.3 is 14.4 Å². The molecule has 0 aliphatic heterocycles. The molecular formula is C25H24N2O3. The van der Waals surface area contributed by atoms with Crippen LogP contribution < -0.4 is 9.47 Å². The highest BCUT2D eigenvalue weighted by Crippen LogP contribution is 2.28. The first kappa shape index (κ1) is 20.9. The lowest BCUT2D eigenvalue weighted by atomic mass is 10.1. The molecule has 30 heavy (non-hydrogen) atoms. The summed E-state index contributed by atoms with van der Waals surface area (Å²) in [5, 5.41) is 9.09. The van der Waals surface area contributed by atoms with Crippen molar-refractivity contribution in [1.29, 1.82) is 5.26 Å². The maximum absolute atomic E-state index is 13.0. The lowest BCUT2D eigenvalue weighted by molar-refractivity contribution is -0.134. The number of carbonyl (C=O) groups excluding carboxylic acids is 1. The van der Waals surface area contributed by atoms with Gasteiger partial charge in [-0.25, -0.2) is 0 Å². The molecule has 0 heterocycles. The van der Waals surface area contributed by atoms with Gasteiger partial charge in [0, 0.05) is 19.2 Å². The summed E-state index contributed by atoms with van der Waals surface area (Å²) in [7, 11) is 0. The van der Waals surface area contributed by atoms with Gasteiger partial charge in [-0.3, -0.25) is 4.79 Å². The smallest absolute Gasteiger partial charge is 0.261 e. The normalized spacial score (nSPS) is 10.1. The number of hydrogen-bond acceptors (Lipinski definition) is 4. The number of ether oxygens (including phenoxy) is 2. The molecule has 0 saturated carbocycles. The zero-order chi connectivity index (χ0) is 21.2. The summed E-state index contributed by atoms with van der Waals surface area (Å²) in [4.78, 5) is 14.8. The molecule has 152 valence electrons. The van der Waals surface area contributed by atoms with Crippen molar-refractivity contribution in [1.82, 2.24) is 4.90 Å². The highest BCUT2D eigenvalue weighted by Gasteiger charge is 2.17. The minimum Gasteiger partial charge on any atom is -0.490 e. The molecule has 3 aromatic rings. The Kier molecular flexibility index (Phi) is 7.45. The third kappa shape index (κ3) is 5.86. The Labute approximate surface area is 177 Å². The van der Waals surface area contributed by atoms with Crippen molar-refractivity contribution >= 4 is 5.91 Å². The van der Waals surface area contributed by atoms with Gasteiger partial charge in [-0.05, 0) is 30.2 Å². The van der Waals surface area contributed by atoms with Crippen molar-refractivity contribution in [3.8, 4) is 17.6 Å². The number of carbonyl (C=O) groups is 1. The van der Waals surface area contributed by atoms with Crippen molar-refractivity contribution in [2.24, 2.45) is 0 Å². The van der Waals surface area contributed by atoms with E-state index in [9.17, 15) is 4.79 Å². The SMILES string of the molecule is CCOc1cc(C#N)ccc1OCC(=O)N(Cc1ccccc1)Cc1ccccc1. The summed E-state index contributed by atoms with van der Waals surface area (Å²) in [6, 6.07) is 26.8. The second-order valence-electron chi connectivity index (χ2n) is 6.72. The second kappa shape index (κ2) is 10.7. The van der Waals surface area contributed by atoms with Gasteiger partial charge in [-0.15, -0.1) is 0 Å². The van der Waals surface area contributed by atoms with Crippen molar-refractivity contribution in [2.75, 3.05) is 13.2 Å². The lowest BCUT2D eigenvalue weighted by Crippen LogP contribution is -2.34. The van der Waals surface area contributed by atoms with Gasteiger partial charge >= 0.3 is 0 Å². The van der Waals surface area contributed by atoms with E-state index in [1.165, 1.54) is 0 Å². The summed E-state index contributed by atoms with van der Waals surface area (Å²) < 4.78 is 11.3. The number of amides is 1. The van der Waals surface area contributed by atoms with Crippen LogP contribution in [-0.2, 0) is 17.9 Å². The lowest BCUT2D eigenvalue weighted by Gasteiger charge is -2.23. The number of nitrogens with zero attached hydrogens (tertiary/aromatic N) is 2. The molecule has 0 unspecified atom stereocenters. The van der Waals surface area contributed by atoms with Crippen LogP contribution in [0.5, 0.6) is 11.5 Å². The fourth-order valence-corrected chi connectivity index (χ4v) is 3.04. The molecule has 0 aromatic heterocycles. The molecule has 1 amide bonds. The molecule has 3 rings (SSSR count). The topological polar surface area (TPSA) is 62.6 Å². The van der Waals surface area contributed by atoms with Crippen molar-refractivity contribution < 1.29 is 14.3 Å². The van der Waals surface area contributed by atoms with E-state index in [2.05, 4.69) is 6.07 Å². The van der Waals surface area contributed by atoms with E-state index >= 15 is 0 Å². The zero-order valence-corrected chi connectivity index (χ0v) is 17.0. The molecule has 0 bridgehead atoms. The first-order valence-electron chi connectivity index (χ1n) is 9.85. The molecule has 5 nitrogen and oxygen atoms in total. The summed E-state index contributed by atoms with van der Waals surface area (Å²) in [5.41, 5.74) is 2.58. The van der Waals surface area contributed by atoms with E-state index in [-0.39, 0.29) is 12.5 Å². The minimum absolute atomic E-state index is 0.119. The molecule has 0 fully saturated rings. The largest absolute Gasteiger partial charge is 0.490 e. The second-order valence-corrected chi connectivity index (χ2v) is 6.72. The zero-order valence-electron chi connectivity index (χ0n) is 17.0. The molecule has 5 heteroatoms. The van der Waals surface area contributed by atoms with Crippen LogP contribution in [0.15, 0.2) is 78.9 Å². The third-order valence-electron chi connectivity index (χ3n) is 4.51. The maximum atomic E-state index is 13.0. The fourth-order valence-electron chi connectivity index (χ4n) is 3.04. The monoisotopic (exact) mass is 400 g/mol. The van der Waals surface area contributed by atoms with Crippen LogP contribution in [0, 0.1) is 11.3 Å². The predicted molar refractivity (Wildman–Crippen MR) is 115 cm³/mol. The van der Waals surface area contributed by atoms with Crippen LogP contribution in [0.3, 0.4) is 0 Å². The average molecular weight is 400 g/mol. The molecule has 0 aliphatic rings. The Bertz CT molecular complexity index is 956. The van der Waals surface area contributed by atoms with Gasteiger partial charge in [0.05, 0.1) is 18.2 Å². The van der Waals surface area contributed by atoms with E-state index in [4.69, 9.17) is 14.7 Å². The van der Waals surface area contributed by atoms with E-state index in [1.54, 1.807) is 23.1 Å². The van der Waals surface area contributed by atoms with Gasteiger partial charge in [0.25, 0.3) is 5.91 Å². The Morgan fingerprint density at radius 3 is 2.00 bits per heavy atom. The average Bonchev–Trinajstić information content (AvgIpc) is 2.79. The highest BCUT2D eigenvalue weighted by molar-refractivity contribution is 5.78. The molecular weight excluding hydrogens is 376 g/mol. The standard InChI is InChI=1S/C25H24N2O3/c1-2-29-24-15-22(16-26)13-14-23(24)30-19-25(28)27(17-20-9-5-3-6-10-20)18-21-11-7-4-8-12-21/h3-15H,2,17-19H2,1H3. The van der Waals surface area contributed by atoms with Crippen LogP contribution in [0.1, 0.15) is 23.6 Å². The Hall–Kier alpha value is -3.78. The van der Waals surface area contributed by atoms with Gasteiger partial charge in [0.15, 0.2) is 18.1 Å². The summed E-state index contributed by atoms with van der Waals surface area (Å²) in [5.74, 6) is 0.778. The molecule has 0 aliphatic carbocycles. The molecule has 0 saturated heterocycles. The number of rotatable bonds is 9.